The molecule has 0 spiro atoms. The second-order valence-corrected chi connectivity index (χ2v) is 5.76. The minimum absolute atomic E-state index is 0.0504. The van der Waals surface area contributed by atoms with Crippen molar-refractivity contribution in [3.63, 3.8) is 0 Å². The van der Waals surface area contributed by atoms with Crippen LogP contribution in [-0.2, 0) is 9.53 Å². The number of ether oxygens (including phenoxy) is 1. The molecule has 1 fully saturated rings. The number of aliphatic imine (C=N–C) groups is 1. The Morgan fingerprint density at radius 3 is 3.00 bits per heavy atom. The molecular formula is C14H15F2N5O2S. The molecule has 24 heavy (non-hydrogen) atoms. The number of esters is 1. The fraction of sp³-hybridized carbons (Fsp3) is 0.357. The number of hydrogen-bond donors (Lipinski definition) is 2. The van der Waals surface area contributed by atoms with E-state index in [1.54, 1.807) is 4.90 Å². The maximum atomic E-state index is 14.1. The normalized spacial score (nSPS) is 20.1. The largest absolute Gasteiger partial charge is 0.466 e. The van der Waals surface area contributed by atoms with Crippen molar-refractivity contribution in [1.82, 2.24) is 14.6 Å². The Balaban J connectivity index is 1.99. The highest BCUT2D eigenvalue weighted by Gasteiger charge is 2.37. The van der Waals surface area contributed by atoms with Crippen molar-refractivity contribution < 1.29 is 18.3 Å². The predicted octanol–water partition coefficient (Wildman–Crippen LogP) is 0.733. The maximum absolute atomic E-state index is 14.1. The number of nitrogens with two attached hydrogens (primary N) is 1. The third-order valence-corrected chi connectivity index (χ3v) is 4.32. The first-order valence-electron chi connectivity index (χ1n) is 7.10. The molecule has 0 aromatic carbocycles. The summed E-state index contributed by atoms with van der Waals surface area (Å²) in [6.45, 7) is 0.478. The van der Waals surface area contributed by atoms with Gasteiger partial charge in [0.25, 0.3) is 0 Å². The third kappa shape index (κ3) is 2.99. The third-order valence-electron chi connectivity index (χ3n) is 3.85. The minimum Gasteiger partial charge on any atom is -0.466 e. The number of amidine groups is 1. The lowest BCUT2D eigenvalue weighted by Crippen LogP contribution is -2.37. The SMILES string of the molecule is COC(=O)C1=C2CC(NSN)CN2C(c2ncc(F)cc2F)=NC1. The van der Waals surface area contributed by atoms with E-state index in [0.717, 1.165) is 24.4 Å². The lowest BCUT2D eigenvalue weighted by Gasteiger charge is -2.27. The van der Waals surface area contributed by atoms with Crippen LogP contribution in [0.4, 0.5) is 8.78 Å². The first-order chi connectivity index (χ1) is 11.5. The number of aromatic nitrogens is 1. The van der Waals surface area contributed by atoms with Gasteiger partial charge in [0.2, 0.25) is 0 Å². The molecule has 3 heterocycles. The summed E-state index contributed by atoms with van der Waals surface area (Å²) in [6.07, 6.45) is 1.44. The summed E-state index contributed by atoms with van der Waals surface area (Å²) in [7, 11) is 1.29. The molecule has 3 rings (SSSR count). The van der Waals surface area contributed by atoms with Gasteiger partial charge in [-0.05, 0) is 0 Å². The van der Waals surface area contributed by atoms with Gasteiger partial charge in [-0.15, -0.1) is 0 Å². The molecule has 10 heteroatoms. The zero-order valence-electron chi connectivity index (χ0n) is 12.8. The average molecular weight is 355 g/mol. The molecule has 1 atom stereocenters. The summed E-state index contributed by atoms with van der Waals surface area (Å²) in [4.78, 5) is 21.7. The van der Waals surface area contributed by atoms with Crippen LogP contribution < -0.4 is 9.86 Å². The number of carbonyl (C=O) groups is 1. The Labute approximate surface area is 141 Å². The number of rotatable bonds is 4. The fourth-order valence-electron chi connectivity index (χ4n) is 2.83. The summed E-state index contributed by atoms with van der Waals surface area (Å²) in [5, 5.41) is 5.44. The van der Waals surface area contributed by atoms with Crippen LogP contribution in [0.25, 0.3) is 0 Å². The average Bonchev–Trinajstić information content (AvgIpc) is 2.97. The Bertz CT molecular complexity index is 740. The van der Waals surface area contributed by atoms with Crippen LogP contribution in [0, 0.1) is 11.6 Å². The molecule has 2 aliphatic heterocycles. The van der Waals surface area contributed by atoms with E-state index < -0.39 is 17.6 Å². The van der Waals surface area contributed by atoms with E-state index in [0.29, 0.717) is 24.2 Å². The van der Waals surface area contributed by atoms with Crippen molar-refractivity contribution in [2.75, 3.05) is 20.2 Å². The van der Waals surface area contributed by atoms with Gasteiger partial charge >= 0.3 is 5.97 Å². The number of halogens is 2. The number of nitrogens with one attached hydrogen (secondary N) is 1. The van der Waals surface area contributed by atoms with Gasteiger partial charge < -0.3 is 9.64 Å². The van der Waals surface area contributed by atoms with Crippen LogP contribution in [0.5, 0.6) is 0 Å². The molecule has 0 bridgehead atoms. The molecule has 3 N–H and O–H groups in total. The van der Waals surface area contributed by atoms with Crippen molar-refractivity contribution >= 4 is 23.9 Å². The standard InChI is InChI=1S/C14H15F2N5O2S/c1-23-14(22)9-5-19-13(12-10(16)2-7(15)4-18-12)21-6-8(20-24-17)3-11(9)21/h2,4,8,20H,3,5-6,17H2,1H3. The van der Waals surface area contributed by atoms with E-state index in [1.807, 2.05) is 0 Å². The summed E-state index contributed by atoms with van der Waals surface area (Å²) in [5.74, 6) is -1.79. The summed E-state index contributed by atoms with van der Waals surface area (Å²) in [5.41, 5.74) is 1.04. The number of fused-ring (bicyclic) bond motifs is 1. The van der Waals surface area contributed by atoms with E-state index in [2.05, 4.69) is 14.7 Å². The maximum Gasteiger partial charge on any atom is 0.337 e. The molecular weight excluding hydrogens is 340 g/mol. The van der Waals surface area contributed by atoms with Gasteiger partial charge in [-0.25, -0.2) is 23.3 Å². The van der Waals surface area contributed by atoms with Gasteiger partial charge in [-0.2, -0.15) is 0 Å². The first-order valence-corrected chi connectivity index (χ1v) is 7.98. The highest BCUT2D eigenvalue weighted by molar-refractivity contribution is 7.95. The number of carbonyl (C=O) groups excluding carboxylic acids is 1. The van der Waals surface area contributed by atoms with Crippen molar-refractivity contribution in [2.45, 2.75) is 12.5 Å². The lowest BCUT2D eigenvalue weighted by atomic mass is 10.1. The van der Waals surface area contributed by atoms with E-state index in [4.69, 9.17) is 9.88 Å². The molecule has 1 saturated heterocycles. The van der Waals surface area contributed by atoms with Crippen molar-refractivity contribution in [3.8, 4) is 0 Å². The molecule has 1 aromatic heterocycles. The van der Waals surface area contributed by atoms with E-state index in [-0.39, 0.29) is 24.1 Å². The number of nitrogens with zero attached hydrogens (tertiary/aromatic N) is 3. The Morgan fingerprint density at radius 1 is 1.54 bits per heavy atom. The summed E-state index contributed by atoms with van der Waals surface area (Å²) >= 11 is 0.967. The van der Waals surface area contributed by atoms with Gasteiger partial charge in [0, 0.05) is 42.9 Å². The zero-order valence-corrected chi connectivity index (χ0v) is 13.6. The number of pyridine rings is 1. The van der Waals surface area contributed by atoms with E-state index in [9.17, 15) is 13.6 Å². The highest BCUT2D eigenvalue weighted by Crippen LogP contribution is 2.31. The fourth-order valence-corrected chi connectivity index (χ4v) is 3.18. The molecule has 7 nitrogen and oxygen atoms in total. The Kier molecular flexibility index (Phi) is 4.78. The van der Waals surface area contributed by atoms with Crippen LogP contribution in [0.3, 0.4) is 0 Å². The second kappa shape index (κ2) is 6.83. The monoisotopic (exact) mass is 355 g/mol. The zero-order chi connectivity index (χ0) is 17.3. The molecule has 0 radical (unpaired) electrons. The van der Waals surface area contributed by atoms with Crippen LogP contribution in [0.2, 0.25) is 0 Å². The predicted molar refractivity (Wildman–Crippen MR) is 84.6 cm³/mol. The van der Waals surface area contributed by atoms with Crippen LogP contribution in [-0.4, -0.2) is 47.9 Å². The van der Waals surface area contributed by atoms with Crippen molar-refractivity contribution in [2.24, 2.45) is 10.1 Å². The van der Waals surface area contributed by atoms with Crippen LogP contribution >= 0.6 is 12.1 Å². The molecule has 1 aromatic rings. The lowest BCUT2D eigenvalue weighted by molar-refractivity contribution is -0.136. The van der Waals surface area contributed by atoms with Gasteiger partial charge in [-0.3, -0.25) is 10.1 Å². The summed E-state index contributed by atoms with van der Waals surface area (Å²) in [6, 6.07) is 0.701. The number of hydrogen-bond acceptors (Lipinski definition) is 8. The Morgan fingerprint density at radius 2 is 2.33 bits per heavy atom. The molecule has 1 unspecified atom stereocenters. The van der Waals surface area contributed by atoms with E-state index >= 15 is 0 Å². The smallest absolute Gasteiger partial charge is 0.337 e. The van der Waals surface area contributed by atoms with Gasteiger partial charge in [0.05, 0.1) is 25.4 Å². The quantitative estimate of drug-likeness (QED) is 0.608. The number of methoxy groups -OCH3 is 1. The first kappa shape index (κ1) is 16.8. The highest BCUT2D eigenvalue weighted by atomic mass is 32.2. The molecule has 2 aliphatic rings. The summed E-state index contributed by atoms with van der Waals surface area (Å²) < 4.78 is 35.0. The second-order valence-electron chi connectivity index (χ2n) is 5.29. The van der Waals surface area contributed by atoms with Crippen LogP contribution in [0.15, 0.2) is 28.5 Å². The molecule has 0 amide bonds. The molecule has 0 aliphatic carbocycles. The van der Waals surface area contributed by atoms with Gasteiger partial charge in [0.15, 0.2) is 11.7 Å². The van der Waals surface area contributed by atoms with Crippen molar-refractivity contribution in [1.29, 1.82) is 0 Å². The minimum atomic E-state index is -0.806. The van der Waals surface area contributed by atoms with Crippen molar-refractivity contribution in [3.05, 3.63) is 40.9 Å². The van der Waals surface area contributed by atoms with Gasteiger partial charge in [-0.1, -0.05) is 0 Å². The molecule has 0 saturated carbocycles. The van der Waals surface area contributed by atoms with E-state index in [1.165, 1.54) is 7.11 Å². The van der Waals surface area contributed by atoms with Crippen LogP contribution in [0.1, 0.15) is 12.1 Å². The molecule has 128 valence electrons. The van der Waals surface area contributed by atoms with Gasteiger partial charge in [0.1, 0.15) is 11.5 Å². The topological polar surface area (TPSA) is 92.8 Å². The Hall–Kier alpha value is -2.04.